The monoisotopic (exact) mass is 424 g/mol. The van der Waals surface area contributed by atoms with Crippen LogP contribution in [0.15, 0.2) is 0 Å². The number of terminal acetylenes is 2. The molecule has 4 nitrogen and oxygen atoms in total. The van der Waals surface area contributed by atoms with Crippen LogP contribution in [0, 0.1) is 59.7 Å². The molecule has 4 aliphatic carbocycles. The molecule has 0 bridgehead atoms. The van der Waals surface area contributed by atoms with Gasteiger partial charge in [-0.1, -0.05) is 32.6 Å². The Hall–Kier alpha value is -1.94. The Morgan fingerprint density at radius 2 is 1.58 bits per heavy atom. The van der Waals surface area contributed by atoms with Gasteiger partial charge in [0.25, 0.3) is 0 Å². The molecule has 4 aliphatic rings. The molecule has 4 heteroatoms. The minimum absolute atomic E-state index is 0.170. The lowest BCUT2D eigenvalue weighted by Gasteiger charge is -2.54. The van der Waals surface area contributed by atoms with Crippen LogP contribution in [0.4, 0.5) is 0 Å². The molecule has 0 N–H and O–H groups in total. The Morgan fingerprint density at radius 1 is 0.871 bits per heavy atom. The number of esters is 2. The Labute approximate surface area is 187 Å². The van der Waals surface area contributed by atoms with Gasteiger partial charge in [-0.3, -0.25) is 9.59 Å². The van der Waals surface area contributed by atoms with E-state index in [0.717, 1.165) is 51.4 Å². The molecule has 0 unspecified atom stereocenters. The summed E-state index contributed by atoms with van der Waals surface area (Å²) in [5.74, 6) is 8.08. The van der Waals surface area contributed by atoms with Gasteiger partial charge < -0.3 is 9.47 Å². The molecule has 0 aromatic rings. The Morgan fingerprint density at radius 3 is 2.23 bits per heavy atom. The van der Waals surface area contributed by atoms with Gasteiger partial charge >= 0.3 is 11.9 Å². The number of carbonyl (C=O) groups is 2. The zero-order chi connectivity index (χ0) is 22.4. The summed E-state index contributed by atoms with van der Waals surface area (Å²) in [4.78, 5) is 24.3. The van der Waals surface area contributed by atoms with E-state index < -0.39 is 11.2 Å². The number of fused-ring (bicyclic) bond motifs is 5. The van der Waals surface area contributed by atoms with Gasteiger partial charge in [0.05, 0.1) is 0 Å². The smallest absolute Gasteiger partial charge is 0.307 e. The van der Waals surface area contributed by atoms with Crippen molar-refractivity contribution in [2.45, 2.75) is 96.2 Å². The van der Waals surface area contributed by atoms with Crippen LogP contribution in [0.2, 0.25) is 0 Å². The molecule has 0 radical (unpaired) electrons. The molecule has 4 rings (SSSR count). The van der Waals surface area contributed by atoms with Crippen molar-refractivity contribution in [1.29, 1.82) is 0 Å². The van der Waals surface area contributed by atoms with E-state index in [4.69, 9.17) is 22.3 Å². The van der Waals surface area contributed by atoms with Crippen LogP contribution in [0.5, 0.6) is 0 Å². The molecule has 4 fully saturated rings. The van der Waals surface area contributed by atoms with Crippen LogP contribution in [-0.2, 0) is 19.1 Å². The maximum Gasteiger partial charge on any atom is 0.307 e. The number of hydrogen-bond donors (Lipinski definition) is 0. The van der Waals surface area contributed by atoms with Crippen molar-refractivity contribution in [3.63, 3.8) is 0 Å². The summed E-state index contributed by atoms with van der Waals surface area (Å²) in [5, 5.41) is 0. The quantitative estimate of drug-likeness (QED) is 0.476. The van der Waals surface area contributed by atoms with Crippen molar-refractivity contribution in [3.05, 3.63) is 0 Å². The highest BCUT2D eigenvalue weighted by Gasteiger charge is 2.65. The summed E-state index contributed by atoms with van der Waals surface area (Å²) in [5.41, 5.74) is -1.68. The molecular weight excluding hydrogens is 388 g/mol. The Balaban J connectivity index is 1.57. The van der Waals surface area contributed by atoms with Gasteiger partial charge in [-0.25, -0.2) is 0 Å². The van der Waals surface area contributed by atoms with E-state index in [1.807, 2.05) is 13.8 Å². The highest BCUT2D eigenvalue weighted by molar-refractivity contribution is 5.70. The number of carbonyl (C=O) groups excluding carboxylic acids is 2. The summed E-state index contributed by atoms with van der Waals surface area (Å²) in [6.45, 7) is 5.90. The van der Waals surface area contributed by atoms with E-state index in [1.54, 1.807) is 0 Å². The third-order valence-corrected chi connectivity index (χ3v) is 9.47. The molecular formula is C27H36O4. The zero-order valence-corrected chi connectivity index (χ0v) is 19.2. The Kier molecular flexibility index (Phi) is 5.66. The normalized spacial score (nSPS) is 45.4. The molecule has 0 aromatic carbocycles. The van der Waals surface area contributed by atoms with Gasteiger partial charge in [0.1, 0.15) is 0 Å². The van der Waals surface area contributed by atoms with Crippen LogP contribution in [-0.4, -0.2) is 23.1 Å². The predicted molar refractivity (Wildman–Crippen MR) is 118 cm³/mol. The fraction of sp³-hybridized carbons (Fsp3) is 0.778. The molecule has 0 spiro atoms. The fourth-order valence-electron chi connectivity index (χ4n) is 7.91. The first-order valence-corrected chi connectivity index (χ1v) is 12.2. The second-order valence-corrected chi connectivity index (χ2v) is 10.6. The minimum Gasteiger partial charge on any atom is -0.446 e. The van der Waals surface area contributed by atoms with Crippen molar-refractivity contribution in [3.8, 4) is 24.7 Å². The van der Waals surface area contributed by atoms with E-state index in [9.17, 15) is 9.59 Å². The van der Waals surface area contributed by atoms with Gasteiger partial charge in [-0.05, 0) is 68.1 Å². The van der Waals surface area contributed by atoms with Crippen LogP contribution in [0.25, 0.3) is 0 Å². The van der Waals surface area contributed by atoms with Crippen LogP contribution < -0.4 is 0 Å². The number of rotatable bonds is 4. The van der Waals surface area contributed by atoms with E-state index in [1.165, 1.54) is 0 Å². The average Bonchev–Trinajstić information content (AvgIpc) is 3.29. The van der Waals surface area contributed by atoms with Crippen molar-refractivity contribution in [2.24, 2.45) is 35.0 Å². The zero-order valence-electron chi connectivity index (χ0n) is 19.2. The number of ether oxygens (including phenoxy) is 2. The van der Waals surface area contributed by atoms with E-state index in [2.05, 4.69) is 18.8 Å². The molecule has 8 atom stereocenters. The predicted octanol–water partition coefficient (Wildman–Crippen LogP) is 4.90. The van der Waals surface area contributed by atoms with E-state index >= 15 is 0 Å². The van der Waals surface area contributed by atoms with Crippen molar-refractivity contribution in [1.82, 2.24) is 0 Å². The minimum atomic E-state index is -0.776. The molecule has 0 aliphatic heterocycles. The largest absolute Gasteiger partial charge is 0.446 e. The molecule has 0 saturated heterocycles. The maximum absolute atomic E-state index is 12.2. The van der Waals surface area contributed by atoms with Crippen molar-refractivity contribution < 1.29 is 19.1 Å². The highest BCUT2D eigenvalue weighted by Crippen LogP contribution is 2.67. The first-order chi connectivity index (χ1) is 14.8. The highest BCUT2D eigenvalue weighted by atomic mass is 16.6. The molecule has 0 aromatic heterocycles. The third kappa shape index (κ3) is 3.29. The lowest BCUT2D eigenvalue weighted by Crippen LogP contribution is -2.53. The summed E-state index contributed by atoms with van der Waals surface area (Å²) in [6.07, 6.45) is 20.4. The molecule has 31 heavy (non-hydrogen) atoms. The van der Waals surface area contributed by atoms with Crippen LogP contribution in [0.3, 0.4) is 0 Å². The second-order valence-electron chi connectivity index (χ2n) is 10.6. The Bertz CT molecular complexity index is 833. The molecule has 0 amide bonds. The van der Waals surface area contributed by atoms with Gasteiger partial charge in [-0.15, -0.1) is 12.8 Å². The lowest BCUT2D eigenvalue weighted by atomic mass is 9.51. The average molecular weight is 425 g/mol. The summed E-state index contributed by atoms with van der Waals surface area (Å²) >= 11 is 0. The lowest BCUT2D eigenvalue weighted by molar-refractivity contribution is -0.171. The van der Waals surface area contributed by atoms with Gasteiger partial charge in [0, 0.05) is 31.1 Å². The topological polar surface area (TPSA) is 52.6 Å². The van der Waals surface area contributed by atoms with Crippen molar-refractivity contribution >= 4 is 11.9 Å². The van der Waals surface area contributed by atoms with Crippen LogP contribution >= 0.6 is 0 Å². The number of hydrogen-bond acceptors (Lipinski definition) is 4. The van der Waals surface area contributed by atoms with Crippen molar-refractivity contribution in [2.75, 3.05) is 0 Å². The summed E-state index contributed by atoms with van der Waals surface area (Å²) in [7, 11) is 0. The second kappa shape index (κ2) is 7.88. The molecule has 168 valence electrons. The van der Waals surface area contributed by atoms with Gasteiger partial charge in [0.15, 0.2) is 11.2 Å². The van der Waals surface area contributed by atoms with Gasteiger partial charge in [-0.2, -0.15) is 0 Å². The first kappa shape index (κ1) is 22.3. The van der Waals surface area contributed by atoms with E-state index in [0.29, 0.717) is 42.4 Å². The van der Waals surface area contributed by atoms with Crippen LogP contribution in [0.1, 0.15) is 85.0 Å². The standard InChI is InChI=1S/C27H36O4/c1-6-23(28)30-26(8-3)16-18-10-11-20-19(21(18)17-26)12-14-25(5)22(20)13-15-27(25,9-4)31-24(29)7-2/h3-4,18-22H,6-7,10-17H2,1-2,5H3/t18-,19+,20+,21-,22-,25+,26+,27-/m0/s1. The molecule has 4 saturated carbocycles. The SMILES string of the molecule is C#C[C@@]1(OC(=O)CC)C[C@@H]2CC[C@@H]3[C@@H](CC[C@]4(C)[C@H]3CC[C@]4(C#C)OC(=O)CC)[C@H]2C1. The molecule has 0 heterocycles. The first-order valence-electron chi connectivity index (χ1n) is 12.2. The summed E-state index contributed by atoms with van der Waals surface area (Å²) in [6, 6.07) is 0. The van der Waals surface area contributed by atoms with Gasteiger partial charge in [0.2, 0.25) is 0 Å². The maximum atomic E-state index is 12.2. The summed E-state index contributed by atoms with van der Waals surface area (Å²) < 4.78 is 11.8. The fourth-order valence-corrected chi connectivity index (χ4v) is 7.91. The third-order valence-electron chi connectivity index (χ3n) is 9.47. The van der Waals surface area contributed by atoms with E-state index in [-0.39, 0.29) is 17.4 Å².